The fourth-order valence-electron chi connectivity index (χ4n) is 2.32. The number of fused-ring (bicyclic) bond motifs is 3. The van der Waals surface area contributed by atoms with E-state index in [0.717, 1.165) is 14.9 Å². The first-order valence-corrected chi connectivity index (χ1v) is 7.57. The van der Waals surface area contributed by atoms with E-state index in [-0.39, 0.29) is 18.0 Å². The summed E-state index contributed by atoms with van der Waals surface area (Å²) in [6.07, 6.45) is 0. The third-order valence-electron chi connectivity index (χ3n) is 3.17. The molecule has 0 radical (unpaired) electrons. The molecule has 0 bridgehead atoms. The van der Waals surface area contributed by atoms with Gasteiger partial charge in [0.2, 0.25) is 5.91 Å². The third kappa shape index (κ3) is 2.22. The third-order valence-corrected chi connectivity index (χ3v) is 4.44. The molecule has 21 heavy (non-hydrogen) atoms. The van der Waals surface area contributed by atoms with Crippen molar-refractivity contribution in [3.8, 4) is 0 Å². The van der Waals surface area contributed by atoms with Crippen molar-refractivity contribution in [1.82, 2.24) is 14.2 Å². The Labute approximate surface area is 128 Å². The molecule has 3 heterocycles. The Hall–Kier alpha value is -1.86. The number of aromatic nitrogens is 3. The second-order valence-corrected chi connectivity index (χ2v) is 6.78. The Morgan fingerprint density at radius 3 is 2.81 bits per heavy atom. The number of rotatable bonds is 3. The molecule has 8 heteroatoms. The molecule has 0 aromatic carbocycles. The highest BCUT2D eigenvalue weighted by molar-refractivity contribution is 7.22. The highest BCUT2D eigenvalue weighted by atomic mass is 35.5. The zero-order valence-electron chi connectivity index (χ0n) is 11.5. The second kappa shape index (κ2) is 4.85. The zero-order valence-corrected chi connectivity index (χ0v) is 13.0. The largest absolute Gasteiger partial charge is 0.368 e. The fourth-order valence-corrected chi connectivity index (χ4v) is 3.55. The van der Waals surface area contributed by atoms with E-state index in [9.17, 15) is 9.59 Å². The van der Waals surface area contributed by atoms with Crippen molar-refractivity contribution in [2.75, 3.05) is 0 Å². The van der Waals surface area contributed by atoms with E-state index in [4.69, 9.17) is 17.3 Å². The van der Waals surface area contributed by atoms with Crippen LogP contribution >= 0.6 is 22.9 Å². The van der Waals surface area contributed by atoms with Crippen LogP contribution in [0.1, 0.15) is 25.6 Å². The van der Waals surface area contributed by atoms with Gasteiger partial charge in [0.15, 0.2) is 0 Å². The van der Waals surface area contributed by atoms with E-state index in [1.807, 2.05) is 24.3 Å². The van der Waals surface area contributed by atoms with Crippen LogP contribution in [-0.4, -0.2) is 20.1 Å². The van der Waals surface area contributed by atoms with Crippen LogP contribution in [0, 0.1) is 0 Å². The second-order valence-electron chi connectivity index (χ2n) is 5.12. The number of carbonyl (C=O) groups excluding carboxylic acids is 1. The van der Waals surface area contributed by atoms with Crippen molar-refractivity contribution in [3.63, 3.8) is 0 Å². The van der Waals surface area contributed by atoms with Gasteiger partial charge >= 0.3 is 0 Å². The minimum absolute atomic E-state index is 0.0729. The van der Waals surface area contributed by atoms with Crippen molar-refractivity contribution >= 4 is 44.6 Å². The molecule has 0 aliphatic rings. The van der Waals surface area contributed by atoms with E-state index in [1.165, 1.54) is 11.3 Å². The lowest BCUT2D eigenvalue weighted by molar-refractivity contribution is -0.118. The van der Waals surface area contributed by atoms with Gasteiger partial charge in [-0.3, -0.25) is 14.0 Å². The van der Waals surface area contributed by atoms with Gasteiger partial charge in [0.25, 0.3) is 5.56 Å². The first-order valence-electron chi connectivity index (χ1n) is 6.38. The monoisotopic (exact) mass is 324 g/mol. The van der Waals surface area contributed by atoms with Crippen molar-refractivity contribution in [2.24, 2.45) is 5.73 Å². The summed E-state index contributed by atoms with van der Waals surface area (Å²) in [5, 5.41) is 5.19. The van der Waals surface area contributed by atoms with E-state index >= 15 is 0 Å². The Kier molecular flexibility index (Phi) is 3.26. The van der Waals surface area contributed by atoms with Gasteiger partial charge in [-0.05, 0) is 12.1 Å². The fraction of sp³-hybridized carbons (Fsp3) is 0.308. The number of amides is 1. The summed E-state index contributed by atoms with van der Waals surface area (Å²) >= 11 is 7.43. The lowest BCUT2D eigenvalue weighted by Gasteiger charge is -2.12. The van der Waals surface area contributed by atoms with Gasteiger partial charge < -0.3 is 5.73 Å². The van der Waals surface area contributed by atoms with E-state index in [2.05, 4.69) is 5.10 Å². The molecule has 2 N–H and O–H groups in total. The van der Waals surface area contributed by atoms with Gasteiger partial charge in [-0.1, -0.05) is 25.4 Å². The van der Waals surface area contributed by atoms with Crippen molar-refractivity contribution < 1.29 is 4.79 Å². The van der Waals surface area contributed by atoms with Gasteiger partial charge in [-0.25, -0.2) is 4.68 Å². The van der Waals surface area contributed by atoms with E-state index in [1.54, 1.807) is 6.07 Å². The molecule has 0 atom stereocenters. The van der Waals surface area contributed by atoms with Gasteiger partial charge in [-0.2, -0.15) is 5.10 Å². The Morgan fingerprint density at radius 1 is 1.48 bits per heavy atom. The Morgan fingerprint density at radius 2 is 2.19 bits per heavy atom. The van der Waals surface area contributed by atoms with Crippen LogP contribution in [0.5, 0.6) is 0 Å². The molecular formula is C13H13ClN4O2S. The molecule has 6 nitrogen and oxygen atoms in total. The molecule has 0 aliphatic carbocycles. The predicted octanol–water partition coefficient (Wildman–Crippen LogP) is 1.97. The number of nitrogens with zero attached hydrogens (tertiary/aromatic N) is 3. The summed E-state index contributed by atoms with van der Waals surface area (Å²) in [4.78, 5) is 24.4. The molecule has 0 saturated heterocycles. The summed E-state index contributed by atoms with van der Waals surface area (Å²) in [7, 11) is 0. The first-order chi connectivity index (χ1) is 9.88. The van der Waals surface area contributed by atoms with Crippen LogP contribution in [0.15, 0.2) is 16.9 Å². The summed E-state index contributed by atoms with van der Waals surface area (Å²) in [6.45, 7) is 3.72. The number of primary amides is 1. The van der Waals surface area contributed by atoms with Crippen molar-refractivity contribution in [1.29, 1.82) is 0 Å². The lowest BCUT2D eigenvalue weighted by atomic mass is 10.2. The van der Waals surface area contributed by atoms with Crippen LogP contribution < -0.4 is 11.3 Å². The van der Waals surface area contributed by atoms with Gasteiger partial charge in [0.05, 0.1) is 4.34 Å². The molecule has 0 saturated carbocycles. The topological polar surface area (TPSA) is 82.4 Å². The van der Waals surface area contributed by atoms with Crippen LogP contribution in [0.3, 0.4) is 0 Å². The zero-order chi connectivity index (χ0) is 15.3. The Balaban J connectivity index is 2.44. The molecular weight excluding hydrogens is 312 g/mol. The van der Waals surface area contributed by atoms with Crippen molar-refractivity contribution in [3.05, 3.63) is 32.6 Å². The average molecular weight is 325 g/mol. The maximum atomic E-state index is 12.4. The van der Waals surface area contributed by atoms with Gasteiger partial charge in [0.1, 0.15) is 22.7 Å². The molecule has 0 spiro atoms. The van der Waals surface area contributed by atoms with E-state index < -0.39 is 5.91 Å². The first kappa shape index (κ1) is 14.1. The van der Waals surface area contributed by atoms with E-state index in [0.29, 0.717) is 15.7 Å². The van der Waals surface area contributed by atoms with Gasteiger partial charge in [-0.15, -0.1) is 11.3 Å². The molecule has 1 amide bonds. The SMILES string of the molecule is CC(C)c1nn(CC(N)=O)c(=O)c2cc3cc(Cl)sc3n12. The number of thiophene rings is 1. The maximum absolute atomic E-state index is 12.4. The highest BCUT2D eigenvalue weighted by Gasteiger charge is 2.18. The molecule has 0 unspecified atom stereocenters. The molecule has 3 aromatic heterocycles. The summed E-state index contributed by atoms with van der Waals surface area (Å²) in [5.74, 6) is 0.170. The summed E-state index contributed by atoms with van der Waals surface area (Å²) in [5.41, 5.74) is 5.32. The predicted molar refractivity (Wildman–Crippen MR) is 83.1 cm³/mol. The van der Waals surface area contributed by atoms with Crippen molar-refractivity contribution in [2.45, 2.75) is 26.3 Å². The Bertz CT molecular complexity index is 922. The normalized spacial score (nSPS) is 11.8. The maximum Gasteiger partial charge on any atom is 0.291 e. The highest BCUT2D eigenvalue weighted by Crippen LogP contribution is 2.32. The van der Waals surface area contributed by atoms with Crippen LogP contribution in [0.25, 0.3) is 15.7 Å². The number of hydrogen-bond acceptors (Lipinski definition) is 4. The minimum Gasteiger partial charge on any atom is -0.368 e. The molecule has 110 valence electrons. The molecule has 3 aromatic rings. The number of hydrogen-bond donors (Lipinski definition) is 1. The lowest BCUT2D eigenvalue weighted by Crippen LogP contribution is -2.32. The minimum atomic E-state index is -0.597. The van der Waals surface area contributed by atoms with Crippen LogP contribution in [0.4, 0.5) is 0 Å². The molecule has 3 rings (SSSR count). The van der Waals surface area contributed by atoms with Crippen LogP contribution in [0.2, 0.25) is 4.34 Å². The van der Waals surface area contributed by atoms with Gasteiger partial charge in [0, 0.05) is 11.3 Å². The number of carbonyl (C=O) groups is 1. The summed E-state index contributed by atoms with van der Waals surface area (Å²) < 4.78 is 3.60. The smallest absolute Gasteiger partial charge is 0.291 e. The summed E-state index contributed by atoms with van der Waals surface area (Å²) in [6, 6.07) is 3.58. The number of nitrogens with two attached hydrogens (primary N) is 1. The molecule has 0 fully saturated rings. The average Bonchev–Trinajstić information content (AvgIpc) is 2.88. The number of halogens is 1. The molecule has 0 aliphatic heterocycles. The quantitative estimate of drug-likeness (QED) is 0.799. The van der Waals surface area contributed by atoms with Crippen LogP contribution in [-0.2, 0) is 11.3 Å². The standard InChI is InChI=1S/C13H13ClN4O2S/c1-6(2)11-16-17(5-10(15)19)12(20)8-3-7-4-9(14)21-13(7)18(8)11/h3-4,6H,5H2,1-2H3,(H2,15,19).